The summed E-state index contributed by atoms with van der Waals surface area (Å²) < 4.78 is 0.961. The number of benzene rings is 1. The Bertz CT molecular complexity index is 562. The first-order valence-electron chi connectivity index (χ1n) is 8.60. The van der Waals surface area contributed by atoms with Crippen molar-refractivity contribution in [2.75, 3.05) is 0 Å². The third kappa shape index (κ3) is 2.51. The molecule has 2 nitrogen and oxygen atoms in total. The van der Waals surface area contributed by atoms with E-state index in [0.29, 0.717) is 5.41 Å². The van der Waals surface area contributed by atoms with Crippen molar-refractivity contribution in [2.45, 2.75) is 51.5 Å². The van der Waals surface area contributed by atoms with Gasteiger partial charge < -0.3 is 5.32 Å². The van der Waals surface area contributed by atoms with Gasteiger partial charge in [-0.25, -0.2) is 0 Å². The van der Waals surface area contributed by atoms with Crippen LogP contribution < -0.4 is 5.32 Å². The third-order valence-corrected chi connectivity index (χ3v) is 6.93. The van der Waals surface area contributed by atoms with Gasteiger partial charge in [-0.05, 0) is 86.8 Å². The molecule has 0 saturated heterocycles. The number of amides is 1. The van der Waals surface area contributed by atoms with Gasteiger partial charge in [-0.1, -0.05) is 22.0 Å². The molecule has 22 heavy (non-hydrogen) atoms. The molecule has 4 bridgehead atoms. The normalized spacial score (nSPS) is 37.1. The maximum atomic E-state index is 12.6. The Labute approximate surface area is 141 Å². The van der Waals surface area contributed by atoms with Crippen LogP contribution in [0.4, 0.5) is 0 Å². The van der Waals surface area contributed by atoms with Gasteiger partial charge in [0.2, 0.25) is 0 Å². The van der Waals surface area contributed by atoms with E-state index in [1.807, 2.05) is 24.3 Å². The molecule has 0 heterocycles. The van der Waals surface area contributed by atoms with Crippen molar-refractivity contribution in [2.24, 2.45) is 23.2 Å². The Morgan fingerprint density at radius 1 is 1.18 bits per heavy atom. The standard InChI is InChI=1S/C19H24BrNO/c1-12(21-18(22)16-3-2-4-17(20)8-16)19-9-13-5-14(10-19)7-15(6-13)11-19/h2-4,8,12-15H,5-7,9-11H2,1H3,(H,21,22). The monoisotopic (exact) mass is 361 g/mol. The lowest BCUT2D eigenvalue weighted by molar-refractivity contribution is -0.0688. The Kier molecular flexibility index (Phi) is 3.60. The first-order chi connectivity index (χ1) is 10.5. The molecule has 1 unspecified atom stereocenters. The summed E-state index contributed by atoms with van der Waals surface area (Å²) in [6, 6.07) is 7.97. The van der Waals surface area contributed by atoms with E-state index >= 15 is 0 Å². The highest BCUT2D eigenvalue weighted by atomic mass is 79.9. The number of carbonyl (C=O) groups excluding carboxylic acids is 1. The fourth-order valence-electron chi connectivity index (χ4n) is 5.77. The minimum atomic E-state index is 0.0737. The van der Waals surface area contributed by atoms with Crippen LogP contribution in [0.15, 0.2) is 28.7 Å². The van der Waals surface area contributed by atoms with Crippen LogP contribution in [0.25, 0.3) is 0 Å². The van der Waals surface area contributed by atoms with Gasteiger partial charge in [0.05, 0.1) is 0 Å². The SMILES string of the molecule is CC(NC(=O)c1cccc(Br)c1)C12CC3CC(CC(C3)C1)C2. The predicted molar refractivity (Wildman–Crippen MR) is 91.7 cm³/mol. The lowest BCUT2D eigenvalue weighted by Crippen LogP contribution is -2.55. The molecule has 4 aliphatic rings. The number of hydrogen-bond acceptors (Lipinski definition) is 1. The molecule has 0 spiro atoms. The van der Waals surface area contributed by atoms with Crippen LogP contribution >= 0.6 is 15.9 Å². The average Bonchev–Trinajstić information content (AvgIpc) is 2.45. The molecule has 1 amide bonds. The highest BCUT2D eigenvalue weighted by Gasteiger charge is 2.53. The summed E-state index contributed by atoms with van der Waals surface area (Å²) >= 11 is 3.45. The number of nitrogens with one attached hydrogen (secondary N) is 1. The van der Waals surface area contributed by atoms with Crippen molar-refractivity contribution >= 4 is 21.8 Å². The first kappa shape index (κ1) is 14.7. The van der Waals surface area contributed by atoms with Crippen molar-refractivity contribution in [3.05, 3.63) is 34.3 Å². The molecule has 0 aromatic heterocycles. The van der Waals surface area contributed by atoms with Gasteiger partial charge in [-0.15, -0.1) is 0 Å². The van der Waals surface area contributed by atoms with E-state index in [9.17, 15) is 4.79 Å². The molecule has 1 N–H and O–H groups in total. The summed E-state index contributed by atoms with van der Waals surface area (Å²) in [5, 5.41) is 3.32. The van der Waals surface area contributed by atoms with Gasteiger partial charge in [0.15, 0.2) is 0 Å². The van der Waals surface area contributed by atoms with E-state index < -0.39 is 0 Å². The van der Waals surface area contributed by atoms with Gasteiger partial charge in [-0.2, -0.15) is 0 Å². The molecule has 4 fully saturated rings. The molecule has 1 aromatic rings. The van der Waals surface area contributed by atoms with Crippen LogP contribution in [0, 0.1) is 23.2 Å². The van der Waals surface area contributed by atoms with Gasteiger partial charge in [-0.3, -0.25) is 4.79 Å². The van der Waals surface area contributed by atoms with Gasteiger partial charge >= 0.3 is 0 Å². The number of rotatable bonds is 3. The zero-order valence-corrected chi connectivity index (χ0v) is 14.7. The zero-order valence-electron chi connectivity index (χ0n) is 13.1. The lowest BCUT2D eigenvalue weighted by atomic mass is 9.48. The average molecular weight is 362 g/mol. The molecule has 0 radical (unpaired) electrons. The summed E-state index contributed by atoms with van der Waals surface area (Å²) in [4.78, 5) is 12.6. The van der Waals surface area contributed by atoms with Crippen molar-refractivity contribution in [3.8, 4) is 0 Å². The quantitative estimate of drug-likeness (QED) is 0.824. The molecule has 118 valence electrons. The first-order valence-corrected chi connectivity index (χ1v) is 9.40. The summed E-state index contributed by atoms with van der Waals surface area (Å²) in [6.45, 7) is 2.24. The van der Waals surface area contributed by atoms with Crippen LogP contribution in [0.2, 0.25) is 0 Å². The topological polar surface area (TPSA) is 29.1 Å². The van der Waals surface area contributed by atoms with Crippen LogP contribution in [0.5, 0.6) is 0 Å². The molecule has 1 atom stereocenters. The molecule has 4 aliphatic carbocycles. The van der Waals surface area contributed by atoms with Crippen molar-refractivity contribution < 1.29 is 4.79 Å². The Morgan fingerprint density at radius 3 is 2.32 bits per heavy atom. The summed E-state index contributed by atoms with van der Waals surface area (Å²) in [5.74, 6) is 2.86. The maximum absolute atomic E-state index is 12.6. The van der Waals surface area contributed by atoms with Gasteiger partial charge in [0.25, 0.3) is 5.91 Å². The maximum Gasteiger partial charge on any atom is 0.251 e. The van der Waals surface area contributed by atoms with E-state index in [2.05, 4.69) is 28.2 Å². The molecular weight excluding hydrogens is 338 g/mol. The van der Waals surface area contributed by atoms with Crippen LogP contribution in [0.1, 0.15) is 55.8 Å². The number of carbonyl (C=O) groups is 1. The highest BCUT2D eigenvalue weighted by Crippen LogP contribution is 2.61. The van der Waals surface area contributed by atoms with Crippen LogP contribution in [-0.2, 0) is 0 Å². The fraction of sp³-hybridized carbons (Fsp3) is 0.632. The molecule has 0 aliphatic heterocycles. The molecule has 3 heteroatoms. The van der Waals surface area contributed by atoms with Crippen LogP contribution in [-0.4, -0.2) is 11.9 Å². The molecule has 1 aromatic carbocycles. The summed E-state index contributed by atoms with van der Waals surface area (Å²) in [6.07, 6.45) is 8.35. The molecule has 5 rings (SSSR count). The largest absolute Gasteiger partial charge is 0.349 e. The second-order valence-electron chi connectivity index (χ2n) is 7.99. The molecular formula is C19H24BrNO. The fourth-order valence-corrected chi connectivity index (χ4v) is 6.17. The minimum absolute atomic E-state index is 0.0737. The van der Waals surface area contributed by atoms with Gasteiger partial charge in [0.1, 0.15) is 0 Å². The lowest BCUT2D eigenvalue weighted by Gasteiger charge is -2.59. The second-order valence-corrected chi connectivity index (χ2v) is 8.90. The molecule has 4 saturated carbocycles. The highest BCUT2D eigenvalue weighted by molar-refractivity contribution is 9.10. The Balaban J connectivity index is 1.50. The van der Waals surface area contributed by atoms with Crippen LogP contribution in [0.3, 0.4) is 0 Å². The van der Waals surface area contributed by atoms with E-state index in [-0.39, 0.29) is 11.9 Å². The second kappa shape index (κ2) is 5.36. The van der Waals surface area contributed by atoms with E-state index in [0.717, 1.165) is 27.8 Å². The zero-order chi connectivity index (χ0) is 15.3. The third-order valence-electron chi connectivity index (χ3n) is 6.44. The van der Waals surface area contributed by atoms with E-state index in [1.165, 1.54) is 38.5 Å². The Morgan fingerprint density at radius 2 is 1.77 bits per heavy atom. The number of hydrogen-bond donors (Lipinski definition) is 1. The van der Waals surface area contributed by atoms with Gasteiger partial charge in [0, 0.05) is 16.1 Å². The smallest absolute Gasteiger partial charge is 0.251 e. The number of halogens is 1. The Hall–Kier alpha value is -0.830. The van der Waals surface area contributed by atoms with Crippen molar-refractivity contribution in [3.63, 3.8) is 0 Å². The van der Waals surface area contributed by atoms with Crippen molar-refractivity contribution in [1.82, 2.24) is 5.32 Å². The summed E-state index contributed by atoms with van der Waals surface area (Å²) in [7, 11) is 0. The van der Waals surface area contributed by atoms with Crippen molar-refractivity contribution in [1.29, 1.82) is 0 Å². The van der Waals surface area contributed by atoms with E-state index in [1.54, 1.807) is 0 Å². The summed E-state index contributed by atoms with van der Waals surface area (Å²) in [5.41, 5.74) is 1.13. The predicted octanol–water partition coefficient (Wildman–Crippen LogP) is 4.78. The van der Waals surface area contributed by atoms with E-state index in [4.69, 9.17) is 0 Å². The minimum Gasteiger partial charge on any atom is -0.349 e.